The summed E-state index contributed by atoms with van der Waals surface area (Å²) < 4.78 is 10.4. The first-order chi connectivity index (χ1) is 7.93. The Hall–Kier alpha value is -2.43. The van der Waals surface area contributed by atoms with Crippen molar-refractivity contribution in [2.75, 3.05) is 0 Å². The molecule has 0 unspecified atom stereocenters. The van der Waals surface area contributed by atoms with Crippen LogP contribution in [0.1, 0.15) is 0 Å². The second kappa shape index (κ2) is 3.62. The SMILES string of the molecule is c1cncc(-c2nnc(-c3ccoc3)o2)c1. The Bertz CT molecular complexity index is 572. The van der Waals surface area contributed by atoms with Gasteiger partial charge in [0.05, 0.1) is 17.4 Å². The van der Waals surface area contributed by atoms with Gasteiger partial charge in [0, 0.05) is 12.4 Å². The normalized spacial score (nSPS) is 10.5. The Morgan fingerprint density at radius 1 is 1.00 bits per heavy atom. The molecular weight excluding hydrogens is 206 g/mol. The molecule has 0 atom stereocenters. The minimum Gasteiger partial charge on any atom is -0.472 e. The summed E-state index contributed by atoms with van der Waals surface area (Å²) in [5.41, 5.74) is 1.56. The average molecular weight is 213 g/mol. The van der Waals surface area contributed by atoms with Gasteiger partial charge < -0.3 is 8.83 Å². The molecule has 0 aliphatic heterocycles. The van der Waals surface area contributed by atoms with E-state index in [-0.39, 0.29) is 0 Å². The van der Waals surface area contributed by atoms with Gasteiger partial charge >= 0.3 is 0 Å². The molecule has 0 saturated carbocycles. The van der Waals surface area contributed by atoms with Crippen LogP contribution in [0.4, 0.5) is 0 Å². The molecule has 0 spiro atoms. The van der Waals surface area contributed by atoms with E-state index >= 15 is 0 Å². The fourth-order valence-corrected chi connectivity index (χ4v) is 1.33. The van der Waals surface area contributed by atoms with Crippen LogP contribution in [0.25, 0.3) is 22.9 Å². The number of hydrogen-bond donors (Lipinski definition) is 0. The molecule has 0 saturated heterocycles. The van der Waals surface area contributed by atoms with E-state index < -0.39 is 0 Å². The van der Waals surface area contributed by atoms with Crippen LogP contribution in [0.2, 0.25) is 0 Å². The molecule has 0 bridgehead atoms. The van der Waals surface area contributed by atoms with Crippen LogP contribution >= 0.6 is 0 Å². The third kappa shape index (κ3) is 1.48. The van der Waals surface area contributed by atoms with Crippen molar-refractivity contribution in [1.29, 1.82) is 0 Å². The molecular formula is C11H7N3O2. The fourth-order valence-electron chi connectivity index (χ4n) is 1.33. The lowest BCUT2D eigenvalue weighted by atomic mass is 10.3. The third-order valence-electron chi connectivity index (χ3n) is 2.10. The van der Waals surface area contributed by atoms with Gasteiger partial charge in [-0.15, -0.1) is 10.2 Å². The number of pyridine rings is 1. The summed E-state index contributed by atoms with van der Waals surface area (Å²) in [5.74, 6) is 0.886. The lowest BCUT2D eigenvalue weighted by molar-refractivity contribution is 0.560. The van der Waals surface area contributed by atoms with E-state index in [1.165, 1.54) is 0 Å². The summed E-state index contributed by atoms with van der Waals surface area (Å²) in [5, 5.41) is 7.87. The standard InChI is InChI=1S/C11H7N3O2/c1-2-8(6-12-4-1)10-13-14-11(16-10)9-3-5-15-7-9/h1-7H. The second-order valence-corrected chi connectivity index (χ2v) is 3.17. The first-order valence-electron chi connectivity index (χ1n) is 4.70. The minimum absolute atomic E-state index is 0.438. The molecule has 16 heavy (non-hydrogen) atoms. The van der Waals surface area contributed by atoms with Crippen LogP contribution in [0, 0.1) is 0 Å². The van der Waals surface area contributed by atoms with Crippen LogP contribution in [-0.2, 0) is 0 Å². The molecule has 3 rings (SSSR count). The van der Waals surface area contributed by atoms with Crippen LogP contribution in [0.5, 0.6) is 0 Å². The lowest BCUT2D eigenvalue weighted by Gasteiger charge is -1.90. The van der Waals surface area contributed by atoms with Gasteiger partial charge in [-0.1, -0.05) is 0 Å². The van der Waals surface area contributed by atoms with Crippen molar-refractivity contribution in [3.05, 3.63) is 43.1 Å². The molecule has 78 valence electrons. The molecule has 0 aliphatic rings. The van der Waals surface area contributed by atoms with Gasteiger partial charge in [0.15, 0.2) is 0 Å². The number of rotatable bonds is 2. The van der Waals surface area contributed by atoms with E-state index in [1.54, 1.807) is 31.0 Å². The van der Waals surface area contributed by atoms with E-state index in [1.807, 2.05) is 12.1 Å². The van der Waals surface area contributed by atoms with Crippen molar-refractivity contribution in [3.63, 3.8) is 0 Å². The quantitative estimate of drug-likeness (QED) is 0.653. The maximum atomic E-state index is 5.49. The van der Waals surface area contributed by atoms with Gasteiger partial charge in [-0.05, 0) is 18.2 Å². The third-order valence-corrected chi connectivity index (χ3v) is 2.10. The Balaban J connectivity index is 2.00. The molecule has 0 fully saturated rings. The summed E-state index contributed by atoms with van der Waals surface area (Å²) in [6.07, 6.45) is 6.48. The zero-order valence-electron chi connectivity index (χ0n) is 8.20. The zero-order valence-corrected chi connectivity index (χ0v) is 8.20. The highest BCUT2D eigenvalue weighted by Crippen LogP contribution is 2.22. The number of nitrogens with zero attached hydrogens (tertiary/aromatic N) is 3. The Morgan fingerprint density at radius 3 is 2.56 bits per heavy atom. The highest BCUT2D eigenvalue weighted by molar-refractivity contribution is 5.55. The molecule has 5 nitrogen and oxygen atoms in total. The zero-order chi connectivity index (χ0) is 10.8. The summed E-state index contributed by atoms with van der Waals surface area (Å²) in [6, 6.07) is 5.44. The van der Waals surface area contributed by atoms with Crippen molar-refractivity contribution >= 4 is 0 Å². The molecule has 0 amide bonds. The molecule has 0 N–H and O–H groups in total. The topological polar surface area (TPSA) is 65.0 Å². The number of furan rings is 1. The van der Waals surface area contributed by atoms with Crippen LogP contribution in [-0.4, -0.2) is 15.2 Å². The van der Waals surface area contributed by atoms with Crippen molar-refractivity contribution in [3.8, 4) is 22.9 Å². The highest BCUT2D eigenvalue weighted by Gasteiger charge is 2.10. The van der Waals surface area contributed by atoms with Gasteiger partial charge in [-0.3, -0.25) is 4.98 Å². The number of aromatic nitrogens is 3. The van der Waals surface area contributed by atoms with Gasteiger partial charge in [-0.25, -0.2) is 0 Å². The molecule has 0 aromatic carbocycles. The van der Waals surface area contributed by atoms with Gasteiger partial charge in [-0.2, -0.15) is 0 Å². The van der Waals surface area contributed by atoms with E-state index in [2.05, 4.69) is 15.2 Å². The van der Waals surface area contributed by atoms with Crippen molar-refractivity contribution < 1.29 is 8.83 Å². The van der Waals surface area contributed by atoms with E-state index in [0.29, 0.717) is 11.8 Å². The summed E-state index contributed by atoms with van der Waals surface area (Å²) >= 11 is 0. The maximum absolute atomic E-state index is 5.49. The molecule has 0 aliphatic carbocycles. The molecule has 3 aromatic heterocycles. The Kier molecular flexibility index (Phi) is 2.00. The van der Waals surface area contributed by atoms with Gasteiger partial charge in [0.2, 0.25) is 5.89 Å². The number of hydrogen-bond acceptors (Lipinski definition) is 5. The predicted octanol–water partition coefficient (Wildman–Crippen LogP) is 2.39. The van der Waals surface area contributed by atoms with Gasteiger partial charge in [0.25, 0.3) is 5.89 Å². The van der Waals surface area contributed by atoms with E-state index in [0.717, 1.165) is 11.1 Å². The molecule has 0 radical (unpaired) electrons. The molecule has 3 heterocycles. The van der Waals surface area contributed by atoms with Crippen LogP contribution in [0.3, 0.4) is 0 Å². The molecule has 5 heteroatoms. The van der Waals surface area contributed by atoms with Gasteiger partial charge in [0.1, 0.15) is 6.26 Å². The largest absolute Gasteiger partial charge is 0.472 e. The first-order valence-corrected chi connectivity index (χ1v) is 4.70. The monoisotopic (exact) mass is 213 g/mol. The summed E-state index contributed by atoms with van der Waals surface area (Å²) in [4.78, 5) is 3.99. The first kappa shape index (κ1) is 8.84. The average Bonchev–Trinajstić information content (AvgIpc) is 3.01. The summed E-state index contributed by atoms with van der Waals surface area (Å²) in [6.45, 7) is 0. The van der Waals surface area contributed by atoms with E-state index in [9.17, 15) is 0 Å². The fraction of sp³-hybridized carbons (Fsp3) is 0. The highest BCUT2D eigenvalue weighted by atomic mass is 16.4. The predicted molar refractivity (Wildman–Crippen MR) is 55.2 cm³/mol. The maximum Gasteiger partial charge on any atom is 0.251 e. The Labute approximate surface area is 90.8 Å². The second-order valence-electron chi connectivity index (χ2n) is 3.17. The van der Waals surface area contributed by atoms with Crippen molar-refractivity contribution in [2.24, 2.45) is 0 Å². The Morgan fingerprint density at radius 2 is 1.88 bits per heavy atom. The summed E-state index contributed by atoms with van der Waals surface area (Å²) in [7, 11) is 0. The van der Waals surface area contributed by atoms with Crippen LogP contribution in [0.15, 0.2) is 52.0 Å². The van der Waals surface area contributed by atoms with Crippen LogP contribution < -0.4 is 0 Å². The smallest absolute Gasteiger partial charge is 0.251 e. The van der Waals surface area contributed by atoms with Crippen molar-refractivity contribution in [2.45, 2.75) is 0 Å². The van der Waals surface area contributed by atoms with E-state index in [4.69, 9.17) is 8.83 Å². The minimum atomic E-state index is 0.438. The van der Waals surface area contributed by atoms with Crippen molar-refractivity contribution in [1.82, 2.24) is 15.2 Å². The molecule has 3 aromatic rings. The lowest BCUT2D eigenvalue weighted by Crippen LogP contribution is -1.78.